The quantitative estimate of drug-likeness (QED) is 0.811. The second-order valence-electron chi connectivity index (χ2n) is 3.39. The summed E-state index contributed by atoms with van der Waals surface area (Å²) in [6.07, 6.45) is 2.99. The van der Waals surface area contributed by atoms with E-state index in [1.807, 2.05) is 19.1 Å². The van der Waals surface area contributed by atoms with Crippen molar-refractivity contribution in [2.45, 2.75) is 26.0 Å². The molecule has 0 bridgehead atoms. The number of carbonyl (C=O) groups excluding carboxylic acids is 1. The van der Waals surface area contributed by atoms with E-state index in [0.29, 0.717) is 0 Å². The van der Waals surface area contributed by atoms with Gasteiger partial charge < -0.3 is 10.1 Å². The zero-order chi connectivity index (χ0) is 11.3. The van der Waals surface area contributed by atoms with Gasteiger partial charge in [-0.15, -0.1) is 0 Å². The molecule has 0 fully saturated rings. The Kier molecular flexibility index (Phi) is 4.24. The Labute approximate surface area is 89.7 Å². The van der Waals surface area contributed by atoms with E-state index in [1.54, 1.807) is 19.3 Å². The molecule has 1 heterocycles. The monoisotopic (exact) mass is 208 g/mol. The minimum absolute atomic E-state index is 0.0295. The molecule has 0 spiro atoms. The molecular weight excluding hydrogens is 192 g/mol. The maximum atomic E-state index is 11.5. The molecule has 0 aliphatic heterocycles. The zero-order valence-electron chi connectivity index (χ0n) is 9.23. The maximum absolute atomic E-state index is 11.5. The highest BCUT2D eigenvalue weighted by Crippen LogP contribution is 2.10. The Morgan fingerprint density at radius 2 is 2.00 bits per heavy atom. The number of aromatic nitrogens is 1. The Morgan fingerprint density at radius 3 is 2.53 bits per heavy atom. The van der Waals surface area contributed by atoms with E-state index in [1.165, 1.54) is 7.11 Å². The van der Waals surface area contributed by atoms with Gasteiger partial charge in [0.15, 0.2) is 0 Å². The van der Waals surface area contributed by atoms with Gasteiger partial charge in [0.25, 0.3) is 0 Å². The van der Waals surface area contributed by atoms with Crippen molar-refractivity contribution in [2.75, 3.05) is 7.11 Å². The second kappa shape index (κ2) is 5.46. The minimum atomic E-state index is -0.422. The van der Waals surface area contributed by atoms with Crippen LogP contribution in [0.15, 0.2) is 24.5 Å². The first-order valence-electron chi connectivity index (χ1n) is 4.88. The fraction of sp³-hybridized carbons (Fsp3) is 0.455. The summed E-state index contributed by atoms with van der Waals surface area (Å²) in [5, 5.41) is 2.86. The minimum Gasteiger partial charge on any atom is -0.372 e. The van der Waals surface area contributed by atoms with Gasteiger partial charge in [-0.1, -0.05) is 0 Å². The van der Waals surface area contributed by atoms with Crippen LogP contribution in [0.25, 0.3) is 0 Å². The van der Waals surface area contributed by atoms with Crippen LogP contribution >= 0.6 is 0 Å². The molecule has 1 N–H and O–H groups in total. The molecule has 0 radical (unpaired) electrons. The summed E-state index contributed by atoms with van der Waals surface area (Å²) in [7, 11) is 1.52. The fourth-order valence-electron chi connectivity index (χ4n) is 1.17. The number of methoxy groups -OCH3 is 1. The van der Waals surface area contributed by atoms with Crippen molar-refractivity contribution >= 4 is 5.91 Å². The summed E-state index contributed by atoms with van der Waals surface area (Å²) in [4.78, 5) is 15.4. The van der Waals surface area contributed by atoms with Crippen LogP contribution in [0.5, 0.6) is 0 Å². The normalized spacial score (nSPS) is 14.3. The van der Waals surface area contributed by atoms with Crippen molar-refractivity contribution in [1.82, 2.24) is 10.3 Å². The first-order chi connectivity index (χ1) is 7.15. The maximum Gasteiger partial charge on any atom is 0.249 e. The number of hydrogen-bond acceptors (Lipinski definition) is 3. The van der Waals surface area contributed by atoms with E-state index in [9.17, 15) is 4.79 Å². The summed E-state index contributed by atoms with van der Waals surface area (Å²) < 4.78 is 4.92. The number of rotatable bonds is 4. The first kappa shape index (κ1) is 11.7. The van der Waals surface area contributed by atoms with Gasteiger partial charge in [0.1, 0.15) is 6.10 Å². The van der Waals surface area contributed by atoms with E-state index in [0.717, 1.165) is 5.56 Å². The Morgan fingerprint density at radius 1 is 1.40 bits per heavy atom. The summed E-state index contributed by atoms with van der Waals surface area (Å²) >= 11 is 0. The number of amides is 1. The Hall–Kier alpha value is -1.42. The van der Waals surface area contributed by atoms with E-state index in [2.05, 4.69) is 10.3 Å². The standard InChI is InChI=1S/C11H16N2O2/c1-8(10-4-6-12-7-5-10)13-11(14)9(2)15-3/h4-9H,1-3H3,(H,13,14). The van der Waals surface area contributed by atoms with E-state index >= 15 is 0 Å². The van der Waals surface area contributed by atoms with E-state index < -0.39 is 6.10 Å². The molecule has 0 aliphatic rings. The molecule has 15 heavy (non-hydrogen) atoms. The predicted molar refractivity (Wildman–Crippen MR) is 57.3 cm³/mol. The van der Waals surface area contributed by atoms with Crippen molar-refractivity contribution in [3.8, 4) is 0 Å². The average molecular weight is 208 g/mol. The number of nitrogens with zero attached hydrogens (tertiary/aromatic N) is 1. The van der Waals surface area contributed by atoms with Crippen LogP contribution in [0, 0.1) is 0 Å². The lowest BCUT2D eigenvalue weighted by molar-refractivity contribution is -0.130. The van der Waals surface area contributed by atoms with E-state index in [-0.39, 0.29) is 11.9 Å². The van der Waals surface area contributed by atoms with Gasteiger partial charge in [0.2, 0.25) is 5.91 Å². The van der Waals surface area contributed by atoms with Gasteiger partial charge in [-0.25, -0.2) is 0 Å². The second-order valence-corrected chi connectivity index (χ2v) is 3.39. The number of ether oxygens (including phenoxy) is 1. The van der Waals surface area contributed by atoms with Crippen molar-refractivity contribution in [3.63, 3.8) is 0 Å². The SMILES string of the molecule is COC(C)C(=O)NC(C)c1ccncc1. The first-order valence-corrected chi connectivity index (χ1v) is 4.88. The van der Waals surface area contributed by atoms with E-state index in [4.69, 9.17) is 4.74 Å². The molecular formula is C11H16N2O2. The molecule has 0 saturated carbocycles. The van der Waals surface area contributed by atoms with Gasteiger partial charge in [-0.3, -0.25) is 9.78 Å². The van der Waals surface area contributed by atoms with Crippen LogP contribution in [0.2, 0.25) is 0 Å². The Balaban J connectivity index is 2.56. The number of carbonyl (C=O) groups is 1. The topological polar surface area (TPSA) is 51.2 Å². The van der Waals surface area contributed by atoms with Gasteiger partial charge in [-0.2, -0.15) is 0 Å². The van der Waals surface area contributed by atoms with Crippen molar-refractivity contribution in [3.05, 3.63) is 30.1 Å². The molecule has 4 nitrogen and oxygen atoms in total. The zero-order valence-corrected chi connectivity index (χ0v) is 9.23. The summed E-state index contributed by atoms with van der Waals surface area (Å²) in [6, 6.07) is 3.73. The Bertz CT molecular complexity index is 314. The molecule has 0 saturated heterocycles. The number of pyridine rings is 1. The largest absolute Gasteiger partial charge is 0.372 e. The lowest BCUT2D eigenvalue weighted by Crippen LogP contribution is -2.35. The molecule has 82 valence electrons. The highest BCUT2D eigenvalue weighted by atomic mass is 16.5. The number of nitrogens with one attached hydrogen (secondary N) is 1. The van der Waals surface area contributed by atoms with Crippen molar-refractivity contribution in [2.24, 2.45) is 0 Å². The molecule has 0 aliphatic carbocycles. The molecule has 0 aromatic carbocycles. The third-order valence-corrected chi connectivity index (χ3v) is 2.29. The molecule has 2 unspecified atom stereocenters. The lowest BCUT2D eigenvalue weighted by atomic mass is 10.1. The third-order valence-electron chi connectivity index (χ3n) is 2.29. The molecule has 1 aromatic heterocycles. The average Bonchev–Trinajstić information content (AvgIpc) is 2.29. The molecule has 1 amide bonds. The van der Waals surface area contributed by atoms with Gasteiger partial charge >= 0.3 is 0 Å². The fourth-order valence-corrected chi connectivity index (χ4v) is 1.17. The highest BCUT2D eigenvalue weighted by molar-refractivity contribution is 5.80. The van der Waals surface area contributed by atoms with Crippen LogP contribution < -0.4 is 5.32 Å². The number of hydrogen-bond donors (Lipinski definition) is 1. The van der Waals surface area contributed by atoms with Crippen LogP contribution in [0.4, 0.5) is 0 Å². The molecule has 1 aromatic rings. The highest BCUT2D eigenvalue weighted by Gasteiger charge is 2.14. The smallest absolute Gasteiger partial charge is 0.249 e. The predicted octanol–water partition coefficient (Wildman–Crippen LogP) is 1.29. The van der Waals surface area contributed by atoms with Crippen LogP contribution in [0.3, 0.4) is 0 Å². The summed E-state index contributed by atoms with van der Waals surface area (Å²) in [5.74, 6) is -0.109. The lowest BCUT2D eigenvalue weighted by Gasteiger charge is -2.16. The van der Waals surface area contributed by atoms with Gasteiger partial charge in [-0.05, 0) is 31.5 Å². The molecule has 2 atom stereocenters. The van der Waals surface area contributed by atoms with Crippen LogP contribution in [-0.4, -0.2) is 24.1 Å². The van der Waals surface area contributed by atoms with Crippen molar-refractivity contribution in [1.29, 1.82) is 0 Å². The van der Waals surface area contributed by atoms with Gasteiger partial charge in [0.05, 0.1) is 6.04 Å². The molecule has 4 heteroatoms. The van der Waals surface area contributed by atoms with Crippen LogP contribution in [0.1, 0.15) is 25.5 Å². The van der Waals surface area contributed by atoms with Crippen LogP contribution in [-0.2, 0) is 9.53 Å². The molecule has 1 rings (SSSR count). The van der Waals surface area contributed by atoms with Gasteiger partial charge in [0, 0.05) is 19.5 Å². The summed E-state index contributed by atoms with van der Waals surface area (Å²) in [6.45, 7) is 3.64. The third kappa shape index (κ3) is 3.32. The van der Waals surface area contributed by atoms with Crippen molar-refractivity contribution < 1.29 is 9.53 Å². The summed E-state index contributed by atoms with van der Waals surface area (Å²) in [5.41, 5.74) is 1.03.